The van der Waals surface area contributed by atoms with E-state index in [0.29, 0.717) is 6.04 Å². The Morgan fingerprint density at radius 2 is 2.45 bits per heavy atom. The molecule has 1 rings (SSSR count). The summed E-state index contributed by atoms with van der Waals surface area (Å²) in [6.07, 6.45) is 1.69. The van der Waals surface area contributed by atoms with Gasteiger partial charge in [-0.15, -0.1) is 0 Å². The van der Waals surface area contributed by atoms with Crippen molar-refractivity contribution in [1.29, 1.82) is 0 Å². The molecule has 1 saturated heterocycles. The van der Waals surface area contributed by atoms with E-state index in [-0.39, 0.29) is 6.10 Å². The monoisotopic (exact) mass is 155 g/mol. The Bertz CT molecular complexity index is 156. The molecule has 1 fully saturated rings. The highest BCUT2D eigenvalue weighted by atomic mass is 16.3. The topological polar surface area (TPSA) is 23.5 Å². The van der Waals surface area contributed by atoms with E-state index < -0.39 is 0 Å². The highest BCUT2D eigenvalue weighted by Gasteiger charge is 2.25. The summed E-state index contributed by atoms with van der Waals surface area (Å²) in [5.41, 5.74) is 1.09. The van der Waals surface area contributed by atoms with Crippen LogP contribution in [-0.4, -0.2) is 28.7 Å². The fourth-order valence-electron chi connectivity index (χ4n) is 1.52. The Morgan fingerprint density at radius 1 is 1.82 bits per heavy atom. The average Bonchev–Trinajstić information content (AvgIpc) is 2.28. The summed E-state index contributed by atoms with van der Waals surface area (Å²) >= 11 is 0. The molecule has 0 saturated carbocycles. The van der Waals surface area contributed by atoms with E-state index in [9.17, 15) is 5.11 Å². The Labute approximate surface area is 68.5 Å². The fraction of sp³-hybridized carbons (Fsp3) is 0.778. The minimum atomic E-state index is -0.184. The molecular formula is C9H17NO. The maximum Gasteiger partial charge on any atom is 0.0769 e. The van der Waals surface area contributed by atoms with Gasteiger partial charge in [0, 0.05) is 24.7 Å². The van der Waals surface area contributed by atoms with Crippen LogP contribution in [0.4, 0.5) is 0 Å². The van der Waals surface area contributed by atoms with E-state index >= 15 is 0 Å². The first kappa shape index (κ1) is 8.60. The van der Waals surface area contributed by atoms with Gasteiger partial charge in [-0.1, -0.05) is 13.5 Å². The van der Waals surface area contributed by atoms with Crippen molar-refractivity contribution in [3.05, 3.63) is 12.3 Å². The fourth-order valence-corrected chi connectivity index (χ4v) is 1.52. The van der Waals surface area contributed by atoms with E-state index in [2.05, 4.69) is 25.3 Å². The van der Waals surface area contributed by atoms with Crippen molar-refractivity contribution in [2.75, 3.05) is 6.54 Å². The van der Waals surface area contributed by atoms with Gasteiger partial charge in [-0.25, -0.2) is 0 Å². The molecule has 2 heteroatoms. The van der Waals surface area contributed by atoms with Gasteiger partial charge in [0.25, 0.3) is 0 Å². The third-order valence-corrected chi connectivity index (χ3v) is 2.41. The van der Waals surface area contributed by atoms with Crippen LogP contribution in [0.2, 0.25) is 0 Å². The highest BCUT2D eigenvalue weighted by Crippen LogP contribution is 2.23. The second kappa shape index (κ2) is 3.26. The van der Waals surface area contributed by atoms with Crippen molar-refractivity contribution < 1.29 is 5.11 Å². The highest BCUT2D eigenvalue weighted by molar-refractivity contribution is 5.04. The third-order valence-electron chi connectivity index (χ3n) is 2.41. The molecular weight excluding hydrogens is 138 g/mol. The molecule has 64 valence electrons. The number of hydrogen-bond acceptors (Lipinski definition) is 2. The molecule has 0 bridgehead atoms. The van der Waals surface area contributed by atoms with Crippen molar-refractivity contribution in [2.45, 2.75) is 38.8 Å². The van der Waals surface area contributed by atoms with Gasteiger partial charge in [0.1, 0.15) is 0 Å². The lowest BCUT2D eigenvalue weighted by Gasteiger charge is -2.25. The summed E-state index contributed by atoms with van der Waals surface area (Å²) in [6.45, 7) is 9.02. The molecule has 1 unspecified atom stereocenters. The molecule has 1 aliphatic heterocycles. The van der Waals surface area contributed by atoms with Crippen LogP contribution in [0, 0.1) is 0 Å². The van der Waals surface area contributed by atoms with Crippen LogP contribution in [0.25, 0.3) is 0 Å². The maximum atomic E-state index is 9.31. The quantitative estimate of drug-likeness (QED) is 0.651. The van der Waals surface area contributed by atoms with Crippen molar-refractivity contribution in [2.24, 2.45) is 0 Å². The summed E-state index contributed by atoms with van der Waals surface area (Å²) in [5, 5.41) is 9.31. The predicted octanol–water partition coefficient (Wildman–Crippen LogP) is 1.37. The average molecular weight is 155 g/mol. The molecule has 0 aromatic rings. The second-order valence-electron chi connectivity index (χ2n) is 3.33. The summed E-state index contributed by atoms with van der Waals surface area (Å²) in [6, 6.07) is 0.527. The van der Waals surface area contributed by atoms with Crippen LogP contribution in [0.1, 0.15) is 26.7 Å². The lowest BCUT2D eigenvalue weighted by molar-refractivity contribution is 0.164. The van der Waals surface area contributed by atoms with E-state index in [1.165, 1.54) is 0 Å². The third kappa shape index (κ3) is 1.74. The van der Waals surface area contributed by atoms with Crippen LogP contribution in [0.3, 0.4) is 0 Å². The smallest absolute Gasteiger partial charge is 0.0769 e. The Morgan fingerprint density at radius 3 is 2.82 bits per heavy atom. The largest absolute Gasteiger partial charge is 0.391 e. The lowest BCUT2D eigenvalue weighted by atomic mass is 10.2. The lowest BCUT2D eigenvalue weighted by Crippen LogP contribution is -2.29. The normalized spacial score (nSPS) is 27.7. The summed E-state index contributed by atoms with van der Waals surface area (Å²) in [7, 11) is 0. The first-order valence-corrected chi connectivity index (χ1v) is 4.27. The Balaban J connectivity index is 2.52. The van der Waals surface area contributed by atoms with Crippen LogP contribution in [0.5, 0.6) is 0 Å². The number of β-amino-alcohol motifs (C(OH)–C–C–N with tert-alkyl or cyclic N) is 1. The summed E-state index contributed by atoms with van der Waals surface area (Å²) in [5.74, 6) is 0. The van der Waals surface area contributed by atoms with Crippen molar-refractivity contribution >= 4 is 0 Å². The molecule has 2 nitrogen and oxygen atoms in total. The molecule has 0 aliphatic carbocycles. The van der Waals surface area contributed by atoms with Gasteiger partial charge in [0.2, 0.25) is 0 Å². The summed E-state index contributed by atoms with van der Waals surface area (Å²) < 4.78 is 0. The van der Waals surface area contributed by atoms with Gasteiger partial charge in [0.15, 0.2) is 0 Å². The standard InChI is InChI=1S/C9H17NO/c1-4-7(2)10-6-9(11)5-8(10)3/h7,9,11H,3-6H2,1-2H3/t7?,9-/m1/s1. The number of rotatable bonds is 2. The van der Waals surface area contributed by atoms with Crippen LogP contribution >= 0.6 is 0 Å². The molecule has 0 spiro atoms. The summed E-state index contributed by atoms with van der Waals surface area (Å²) in [4.78, 5) is 2.20. The molecule has 0 amide bonds. The zero-order chi connectivity index (χ0) is 8.43. The molecule has 0 aromatic heterocycles. The first-order valence-electron chi connectivity index (χ1n) is 4.27. The number of nitrogens with zero attached hydrogens (tertiary/aromatic N) is 1. The van der Waals surface area contributed by atoms with Gasteiger partial charge in [0.05, 0.1) is 6.10 Å². The van der Waals surface area contributed by atoms with Gasteiger partial charge in [-0.2, -0.15) is 0 Å². The van der Waals surface area contributed by atoms with E-state index in [0.717, 1.165) is 25.1 Å². The van der Waals surface area contributed by atoms with Gasteiger partial charge in [-0.3, -0.25) is 0 Å². The number of likely N-dealkylation sites (tertiary alicyclic amines) is 1. The molecule has 2 atom stereocenters. The first-order chi connectivity index (χ1) is 5.15. The molecule has 1 N–H and O–H groups in total. The SMILES string of the molecule is C=C1C[C@@H](O)CN1C(C)CC. The van der Waals surface area contributed by atoms with Crippen LogP contribution in [-0.2, 0) is 0 Å². The van der Waals surface area contributed by atoms with E-state index in [1.807, 2.05) is 0 Å². The molecule has 0 aromatic carbocycles. The van der Waals surface area contributed by atoms with Gasteiger partial charge >= 0.3 is 0 Å². The molecule has 1 aliphatic rings. The van der Waals surface area contributed by atoms with Gasteiger partial charge in [-0.05, 0) is 13.3 Å². The number of aliphatic hydroxyl groups is 1. The zero-order valence-electron chi connectivity index (χ0n) is 7.38. The Hall–Kier alpha value is -0.500. The second-order valence-corrected chi connectivity index (χ2v) is 3.33. The predicted molar refractivity (Wildman–Crippen MR) is 46.2 cm³/mol. The number of hydrogen-bond donors (Lipinski definition) is 1. The molecule has 0 radical (unpaired) electrons. The van der Waals surface area contributed by atoms with Crippen molar-refractivity contribution in [1.82, 2.24) is 4.90 Å². The number of aliphatic hydroxyl groups excluding tert-OH is 1. The van der Waals surface area contributed by atoms with Crippen molar-refractivity contribution in [3.63, 3.8) is 0 Å². The zero-order valence-corrected chi connectivity index (χ0v) is 7.38. The minimum absolute atomic E-state index is 0.184. The van der Waals surface area contributed by atoms with Gasteiger partial charge < -0.3 is 10.0 Å². The maximum absolute atomic E-state index is 9.31. The minimum Gasteiger partial charge on any atom is -0.391 e. The van der Waals surface area contributed by atoms with Crippen LogP contribution in [0.15, 0.2) is 12.3 Å². The van der Waals surface area contributed by atoms with Crippen molar-refractivity contribution in [3.8, 4) is 0 Å². The molecule has 1 heterocycles. The van der Waals surface area contributed by atoms with E-state index in [4.69, 9.17) is 0 Å². The Kier molecular flexibility index (Phi) is 2.55. The molecule has 11 heavy (non-hydrogen) atoms. The van der Waals surface area contributed by atoms with E-state index in [1.54, 1.807) is 0 Å². The van der Waals surface area contributed by atoms with Crippen LogP contribution < -0.4 is 0 Å².